The highest BCUT2D eigenvalue weighted by atomic mass is 35.5. The number of anilines is 1. The number of rotatable bonds is 14. The van der Waals surface area contributed by atoms with Gasteiger partial charge in [0.2, 0.25) is 10.0 Å². The van der Waals surface area contributed by atoms with Crippen molar-refractivity contribution in [3.8, 4) is 11.3 Å². The van der Waals surface area contributed by atoms with Crippen molar-refractivity contribution < 1.29 is 27.8 Å². The van der Waals surface area contributed by atoms with Crippen LogP contribution in [-0.2, 0) is 32.5 Å². The molecule has 3 aromatic carbocycles. The molecule has 0 unspecified atom stereocenters. The van der Waals surface area contributed by atoms with Gasteiger partial charge in [-0.1, -0.05) is 60.1 Å². The van der Waals surface area contributed by atoms with Crippen molar-refractivity contribution in [3.63, 3.8) is 0 Å². The Kier molecular flexibility index (Phi) is 11.3. The molecule has 0 saturated carbocycles. The number of carboxylic acids is 1. The fraction of sp³-hybridized carbons (Fsp3) is 0.176. The van der Waals surface area contributed by atoms with Gasteiger partial charge in [-0.2, -0.15) is 0 Å². The molecule has 4 rings (SSSR count). The lowest BCUT2D eigenvalue weighted by Crippen LogP contribution is -2.28. The number of hydrogen-bond donors (Lipinski definition) is 1. The highest BCUT2D eigenvalue weighted by Gasteiger charge is 2.19. The Labute approximate surface area is 278 Å². The molecule has 240 valence electrons. The Morgan fingerprint density at radius 2 is 1.65 bits per heavy atom. The van der Waals surface area contributed by atoms with Gasteiger partial charge in [-0.25, -0.2) is 18.2 Å². The number of methoxy groups -OCH3 is 2. The quantitative estimate of drug-likeness (QED) is 0.111. The predicted molar refractivity (Wildman–Crippen MR) is 182 cm³/mol. The summed E-state index contributed by atoms with van der Waals surface area (Å²) in [5.74, 6) is 0.0659. The van der Waals surface area contributed by atoms with E-state index in [9.17, 15) is 18.3 Å². The Hall–Kier alpha value is -4.51. The first-order valence-corrected chi connectivity index (χ1v) is 16.3. The number of imidazole rings is 1. The normalized spacial score (nSPS) is 12.1. The van der Waals surface area contributed by atoms with E-state index < -0.39 is 16.0 Å². The largest absolute Gasteiger partial charge is 0.493 e. The maximum atomic E-state index is 13.1. The Morgan fingerprint density at radius 1 is 1.00 bits per heavy atom. The van der Waals surface area contributed by atoms with Gasteiger partial charge >= 0.3 is 5.97 Å². The van der Waals surface area contributed by atoms with E-state index >= 15 is 0 Å². The van der Waals surface area contributed by atoms with Crippen LogP contribution < -0.4 is 4.31 Å². The highest BCUT2D eigenvalue weighted by molar-refractivity contribution is 7.92. The van der Waals surface area contributed by atoms with Crippen molar-refractivity contribution in [3.05, 3.63) is 142 Å². The first-order valence-electron chi connectivity index (χ1n) is 14.0. The zero-order chi connectivity index (χ0) is 33.4. The van der Waals surface area contributed by atoms with E-state index in [0.717, 1.165) is 22.5 Å². The van der Waals surface area contributed by atoms with E-state index in [1.165, 1.54) is 37.7 Å². The molecule has 46 heavy (non-hydrogen) atoms. The number of halogens is 2. The molecule has 0 radical (unpaired) electrons. The maximum Gasteiger partial charge on any atom is 0.335 e. The molecule has 0 spiro atoms. The third kappa shape index (κ3) is 8.39. The second-order valence-corrected chi connectivity index (χ2v) is 13.0. The number of aromatic carboxylic acids is 1. The van der Waals surface area contributed by atoms with Gasteiger partial charge in [-0.15, -0.1) is 0 Å². The Bertz CT molecular complexity index is 1880. The lowest BCUT2D eigenvalue weighted by atomic mass is 10.1. The van der Waals surface area contributed by atoms with Crippen molar-refractivity contribution in [2.24, 2.45) is 0 Å². The topological polar surface area (TPSA) is 111 Å². The summed E-state index contributed by atoms with van der Waals surface area (Å²) in [5.41, 5.74) is 3.86. The third-order valence-corrected chi connectivity index (χ3v) is 9.31. The summed E-state index contributed by atoms with van der Waals surface area (Å²) in [5, 5.41) is 10.2. The molecule has 0 fully saturated rings. The van der Waals surface area contributed by atoms with Crippen LogP contribution >= 0.6 is 23.2 Å². The molecule has 1 N–H and O–H groups in total. The van der Waals surface area contributed by atoms with Crippen molar-refractivity contribution in [1.82, 2.24) is 9.55 Å². The lowest BCUT2D eigenvalue weighted by molar-refractivity contribution is 0.0697. The van der Waals surface area contributed by atoms with Crippen LogP contribution in [0.1, 0.15) is 27.3 Å². The smallest absolute Gasteiger partial charge is 0.335 e. The minimum absolute atomic E-state index is 0.203. The van der Waals surface area contributed by atoms with Gasteiger partial charge in [0.25, 0.3) is 0 Å². The first kappa shape index (κ1) is 34.4. The fourth-order valence-electron chi connectivity index (χ4n) is 4.61. The molecule has 0 saturated heterocycles. The van der Waals surface area contributed by atoms with E-state index in [-0.39, 0.29) is 17.1 Å². The Balaban J connectivity index is 1.59. The van der Waals surface area contributed by atoms with Gasteiger partial charge in [-0.3, -0.25) is 4.31 Å². The number of hydrogen-bond acceptors (Lipinski definition) is 6. The second kappa shape index (κ2) is 15.2. The summed E-state index contributed by atoms with van der Waals surface area (Å²) in [6, 6.07) is 19.1. The average Bonchev–Trinajstić information content (AvgIpc) is 3.42. The average molecular weight is 683 g/mol. The molecule has 9 nitrogen and oxygen atoms in total. The van der Waals surface area contributed by atoms with E-state index in [1.807, 2.05) is 29.0 Å². The van der Waals surface area contributed by atoms with Gasteiger partial charge in [0, 0.05) is 36.8 Å². The summed E-state index contributed by atoms with van der Waals surface area (Å²) < 4.78 is 40.0. The van der Waals surface area contributed by atoms with Gasteiger partial charge in [0.1, 0.15) is 5.82 Å². The van der Waals surface area contributed by atoms with Crippen LogP contribution in [0.25, 0.3) is 11.3 Å². The van der Waals surface area contributed by atoms with Crippen LogP contribution in [0.5, 0.6) is 0 Å². The molecule has 0 aliphatic heterocycles. The molecule has 0 aliphatic carbocycles. The van der Waals surface area contributed by atoms with Crippen molar-refractivity contribution in [2.75, 3.05) is 31.3 Å². The zero-order valence-corrected chi connectivity index (χ0v) is 27.8. The van der Waals surface area contributed by atoms with Crippen LogP contribution in [0.3, 0.4) is 0 Å². The number of aromatic nitrogens is 2. The minimum atomic E-state index is -3.74. The Morgan fingerprint density at radius 3 is 2.24 bits per heavy atom. The molecule has 0 bridgehead atoms. The first-order chi connectivity index (χ1) is 21.9. The monoisotopic (exact) mass is 681 g/mol. The second-order valence-electron chi connectivity index (χ2n) is 10.1. The van der Waals surface area contributed by atoms with Gasteiger partial charge in [0.05, 0.1) is 41.9 Å². The number of carboxylic acid groups (broad SMARTS) is 1. The molecular weight excluding hydrogens is 649 g/mol. The van der Waals surface area contributed by atoms with E-state index in [2.05, 4.69) is 6.58 Å². The number of benzene rings is 3. The lowest BCUT2D eigenvalue weighted by Gasteiger charge is -2.19. The van der Waals surface area contributed by atoms with Crippen molar-refractivity contribution >= 4 is 44.9 Å². The van der Waals surface area contributed by atoms with E-state index in [1.54, 1.807) is 54.6 Å². The maximum absolute atomic E-state index is 13.1. The van der Waals surface area contributed by atoms with Gasteiger partial charge < -0.3 is 19.1 Å². The molecule has 0 amide bonds. The standard InChI is InChI=1S/C34H33Cl2N3O6S/c1-5-6-31(44-3)32(45-4)17-18-46(42,43)38(2)27-14-9-23(10-15-27)19-33-37-30(28-16-13-26(35)20-29(28)36)22-39(33)21-24-7-11-25(12-8-24)34(40)41/h5-17,20,22H,1,18-19,21H2,2-4H3,(H,40,41)/b31-6+,32-17+. The van der Waals surface area contributed by atoms with E-state index in [4.69, 9.17) is 37.7 Å². The number of sulfonamides is 1. The summed E-state index contributed by atoms with van der Waals surface area (Å²) in [4.78, 5) is 16.2. The molecular formula is C34H33Cl2N3O6S. The molecule has 0 atom stereocenters. The van der Waals surface area contributed by atoms with Crippen LogP contribution in [0.2, 0.25) is 10.0 Å². The SMILES string of the molecule is C=C/C=C(OC)\C(=C/CS(=O)(=O)N(C)c1ccc(Cc2nc(-c3ccc(Cl)cc3Cl)cn2Cc2ccc(C(=O)O)cc2)cc1)OC. The zero-order valence-electron chi connectivity index (χ0n) is 25.5. The summed E-state index contributed by atoms with van der Waals surface area (Å²) in [6.07, 6.45) is 6.87. The van der Waals surface area contributed by atoms with Crippen LogP contribution in [0.15, 0.2) is 109 Å². The molecule has 1 aromatic heterocycles. The summed E-state index contributed by atoms with van der Waals surface area (Å²) in [7, 11) is 0.650. The fourth-order valence-corrected chi connectivity index (χ4v) is 6.14. The van der Waals surface area contributed by atoms with Gasteiger partial charge in [0.15, 0.2) is 11.5 Å². The summed E-state index contributed by atoms with van der Waals surface area (Å²) >= 11 is 12.6. The van der Waals surface area contributed by atoms with Crippen LogP contribution in [0.4, 0.5) is 5.69 Å². The molecule has 1 heterocycles. The number of allylic oxidation sites excluding steroid dienone is 2. The number of ether oxygens (including phenoxy) is 2. The minimum Gasteiger partial charge on any atom is -0.493 e. The molecule has 12 heteroatoms. The predicted octanol–water partition coefficient (Wildman–Crippen LogP) is 7.21. The highest BCUT2D eigenvalue weighted by Crippen LogP contribution is 2.31. The van der Waals surface area contributed by atoms with Crippen molar-refractivity contribution in [2.45, 2.75) is 13.0 Å². The van der Waals surface area contributed by atoms with Crippen LogP contribution in [0, 0.1) is 0 Å². The number of nitrogens with zero attached hydrogens (tertiary/aromatic N) is 3. The third-order valence-electron chi connectivity index (χ3n) is 7.13. The van der Waals surface area contributed by atoms with Gasteiger partial charge in [-0.05, 0) is 65.7 Å². The summed E-state index contributed by atoms with van der Waals surface area (Å²) in [6.45, 7) is 4.07. The van der Waals surface area contributed by atoms with E-state index in [0.29, 0.717) is 40.2 Å². The molecule has 0 aliphatic rings. The number of carbonyl (C=O) groups is 1. The van der Waals surface area contributed by atoms with Crippen LogP contribution in [-0.4, -0.2) is 56.1 Å². The molecule has 4 aromatic rings. The van der Waals surface area contributed by atoms with Crippen molar-refractivity contribution in [1.29, 1.82) is 0 Å².